The van der Waals surface area contributed by atoms with E-state index in [-0.39, 0.29) is 19.0 Å². The minimum Gasteiger partial charge on any atom is -0.491 e. The number of carbonyl (C=O) groups is 1. The van der Waals surface area contributed by atoms with Gasteiger partial charge in [-0.1, -0.05) is 0 Å². The number of aliphatic hydroxyl groups excluding tert-OH is 2. The van der Waals surface area contributed by atoms with Gasteiger partial charge in [0.05, 0.1) is 6.61 Å². The summed E-state index contributed by atoms with van der Waals surface area (Å²) in [6, 6.07) is 6.62. The quantitative estimate of drug-likeness (QED) is 0.699. The molecular formula is C11H14O4. The minimum atomic E-state index is -0.877. The largest absolute Gasteiger partial charge is 0.491 e. The molecule has 0 fully saturated rings. The summed E-state index contributed by atoms with van der Waals surface area (Å²) in [5, 5.41) is 17.6. The summed E-state index contributed by atoms with van der Waals surface area (Å²) < 4.78 is 5.17. The first-order valence-electron chi connectivity index (χ1n) is 4.66. The Bertz CT molecular complexity index is 318. The molecule has 0 radical (unpaired) electrons. The smallest absolute Gasteiger partial charge is 0.159 e. The number of hydrogen-bond acceptors (Lipinski definition) is 4. The molecule has 1 aromatic carbocycles. The van der Waals surface area contributed by atoms with Crippen LogP contribution in [0.1, 0.15) is 17.3 Å². The predicted octanol–water partition coefficient (Wildman–Crippen LogP) is 0.621. The van der Waals surface area contributed by atoms with Crippen molar-refractivity contribution in [2.45, 2.75) is 13.0 Å². The van der Waals surface area contributed by atoms with Crippen molar-refractivity contribution in [3.05, 3.63) is 29.8 Å². The first-order valence-corrected chi connectivity index (χ1v) is 4.66. The van der Waals surface area contributed by atoms with Gasteiger partial charge in [0.15, 0.2) is 5.78 Å². The number of benzene rings is 1. The van der Waals surface area contributed by atoms with Gasteiger partial charge in [-0.15, -0.1) is 0 Å². The molecule has 4 nitrogen and oxygen atoms in total. The van der Waals surface area contributed by atoms with Crippen LogP contribution in [0.3, 0.4) is 0 Å². The Morgan fingerprint density at radius 3 is 2.47 bits per heavy atom. The van der Waals surface area contributed by atoms with E-state index in [1.165, 1.54) is 6.92 Å². The van der Waals surface area contributed by atoms with Crippen molar-refractivity contribution >= 4 is 5.78 Å². The molecule has 0 aromatic heterocycles. The van der Waals surface area contributed by atoms with E-state index in [1.54, 1.807) is 24.3 Å². The molecule has 1 rings (SSSR count). The average Bonchev–Trinajstić information content (AvgIpc) is 2.26. The minimum absolute atomic E-state index is 0.00283. The number of Topliss-reactive ketones (excluding diaryl/α,β-unsaturated/α-hetero) is 1. The summed E-state index contributed by atoms with van der Waals surface area (Å²) in [5.74, 6) is 0.560. The summed E-state index contributed by atoms with van der Waals surface area (Å²) in [6.07, 6.45) is -0.877. The summed E-state index contributed by atoms with van der Waals surface area (Å²) in [5.41, 5.74) is 0.616. The molecule has 0 aliphatic carbocycles. The van der Waals surface area contributed by atoms with Gasteiger partial charge in [0.1, 0.15) is 18.5 Å². The Morgan fingerprint density at radius 2 is 2.00 bits per heavy atom. The summed E-state index contributed by atoms with van der Waals surface area (Å²) in [7, 11) is 0. The van der Waals surface area contributed by atoms with Crippen LogP contribution in [0, 0.1) is 0 Å². The highest BCUT2D eigenvalue weighted by molar-refractivity contribution is 5.94. The van der Waals surface area contributed by atoms with Gasteiger partial charge in [-0.25, -0.2) is 0 Å². The zero-order valence-corrected chi connectivity index (χ0v) is 8.51. The van der Waals surface area contributed by atoms with Gasteiger partial charge in [-0.3, -0.25) is 4.79 Å². The molecule has 1 atom stereocenters. The maximum Gasteiger partial charge on any atom is 0.159 e. The fourth-order valence-corrected chi connectivity index (χ4v) is 1.03. The molecule has 4 heteroatoms. The predicted molar refractivity (Wildman–Crippen MR) is 55.0 cm³/mol. The lowest BCUT2D eigenvalue weighted by Gasteiger charge is -2.09. The zero-order valence-electron chi connectivity index (χ0n) is 8.51. The number of carbonyl (C=O) groups excluding carboxylic acids is 1. The number of ether oxygens (including phenoxy) is 1. The number of rotatable bonds is 5. The van der Waals surface area contributed by atoms with E-state index < -0.39 is 6.10 Å². The van der Waals surface area contributed by atoms with Crippen LogP contribution in [-0.4, -0.2) is 35.3 Å². The monoisotopic (exact) mass is 210 g/mol. The van der Waals surface area contributed by atoms with Crippen LogP contribution in [0.15, 0.2) is 24.3 Å². The molecule has 0 unspecified atom stereocenters. The van der Waals surface area contributed by atoms with Crippen molar-refractivity contribution in [1.29, 1.82) is 0 Å². The molecule has 2 N–H and O–H groups in total. The van der Waals surface area contributed by atoms with Crippen LogP contribution in [0.5, 0.6) is 5.75 Å². The van der Waals surface area contributed by atoms with Crippen molar-refractivity contribution < 1.29 is 19.7 Å². The third-order valence-electron chi connectivity index (χ3n) is 1.91. The van der Waals surface area contributed by atoms with Gasteiger partial charge in [0.2, 0.25) is 0 Å². The number of ketones is 1. The van der Waals surface area contributed by atoms with Gasteiger partial charge < -0.3 is 14.9 Å². The third-order valence-corrected chi connectivity index (χ3v) is 1.91. The molecule has 0 spiro atoms. The number of aliphatic hydroxyl groups is 2. The second-order valence-electron chi connectivity index (χ2n) is 3.23. The van der Waals surface area contributed by atoms with Crippen LogP contribution in [0.4, 0.5) is 0 Å². The van der Waals surface area contributed by atoms with Gasteiger partial charge in [-0.05, 0) is 31.2 Å². The van der Waals surface area contributed by atoms with E-state index in [0.717, 1.165) is 0 Å². The molecule has 82 valence electrons. The molecule has 0 aliphatic rings. The zero-order chi connectivity index (χ0) is 11.3. The average molecular weight is 210 g/mol. The van der Waals surface area contributed by atoms with Crippen LogP contribution in [-0.2, 0) is 0 Å². The highest BCUT2D eigenvalue weighted by Gasteiger charge is 2.03. The summed E-state index contributed by atoms with van der Waals surface area (Å²) in [4.78, 5) is 11.0. The van der Waals surface area contributed by atoms with E-state index in [1.807, 2.05) is 0 Å². The normalized spacial score (nSPS) is 12.2. The van der Waals surface area contributed by atoms with Crippen LogP contribution < -0.4 is 4.74 Å². The molecular weight excluding hydrogens is 196 g/mol. The highest BCUT2D eigenvalue weighted by atomic mass is 16.5. The fraction of sp³-hybridized carbons (Fsp3) is 0.364. The van der Waals surface area contributed by atoms with Gasteiger partial charge >= 0.3 is 0 Å². The Labute approximate surface area is 88.1 Å². The van der Waals surface area contributed by atoms with Crippen LogP contribution >= 0.6 is 0 Å². The van der Waals surface area contributed by atoms with Gasteiger partial charge in [-0.2, -0.15) is 0 Å². The SMILES string of the molecule is CC(=O)c1ccc(OC[C@H](O)CO)cc1. The lowest BCUT2D eigenvalue weighted by Crippen LogP contribution is -2.21. The van der Waals surface area contributed by atoms with E-state index in [2.05, 4.69) is 0 Å². The lowest BCUT2D eigenvalue weighted by molar-refractivity contribution is 0.0536. The molecule has 0 bridgehead atoms. The van der Waals surface area contributed by atoms with E-state index in [9.17, 15) is 4.79 Å². The standard InChI is InChI=1S/C11H14O4/c1-8(13)9-2-4-11(5-3-9)15-7-10(14)6-12/h2-5,10,12,14H,6-7H2,1H3/t10-/m1/s1. The first-order chi connectivity index (χ1) is 7.13. The van der Waals surface area contributed by atoms with Crippen molar-refractivity contribution in [3.63, 3.8) is 0 Å². The van der Waals surface area contributed by atoms with Gasteiger partial charge in [0.25, 0.3) is 0 Å². The Morgan fingerprint density at radius 1 is 1.40 bits per heavy atom. The second-order valence-corrected chi connectivity index (χ2v) is 3.23. The van der Waals surface area contributed by atoms with E-state index >= 15 is 0 Å². The lowest BCUT2D eigenvalue weighted by atomic mass is 10.1. The summed E-state index contributed by atoms with van der Waals surface area (Å²) in [6.45, 7) is 1.20. The Kier molecular flexibility index (Phi) is 4.27. The molecule has 0 saturated heterocycles. The molecule has 15 heavy (non-hydrogen) atoms. The second kappa shape index (κ2) is 5.48. The number of hydrogen-bond donors (Lipinski definition) is 2. The van der Waals surface area contributed by atoms with Crippen molar-refractivity contribution in [3.8, 4) is 5.75 Å². The molecule has 0 heterocycles. The topological polar surface area (TPSA) is 66.8 Å². The molecule has 0 aliphatic heterocycles. The van der Waals surface area contributed by atoms with Crippen molar-refractivity contribution in [1.82, 2.24) is 0 Å². The highest BCUT2D eigenvalue weighted by Crippen LogP contribution is 2.12. The van der Waals surface area contributed by atoms with E-state index in [4.69, 9.17) is 14.9 Å². The van der Waals surface area contributed by atoms with Gasteiger partial charge in [0, 0.05) is 5.56 Å². The maximum atomic E-state index is 11.0. The van der Waals surface area contributed by atoms with Crippen LogP contribution in [0.25, 0.3) is 0 Å². The fourth-order valence-electron chi connectivity index (χ4n) is 1.03. The molecule has 1 aromatic rings. The van der Waals surface area contributed by atoms with E-state index in [0.29, 0.717) is 11.3 Å². The van der Waals surface area contributed by atoms with Crippen molar-refractivity contribution in [2.24, 2.45) is 0 Å². The third kappa shape index (κ3) is 3.69. The van der Waals surface area contributed by atoms with Crippen molar-refractivity contribution in [2.75, 3.05) is 13.2 Å². The first kappa shape index (κ1) is 11.7. The Hall–Kier alpha value is -1.39. The molecule has 0 amide bonds. The maximum absolute atomic E-state index is 11.0. The molecule has 0 saturated carbocycles. The Balaban J connectivity index is 2.53. The summed E-state index contributed by atoms with van der Waals surface area (Å²) >= 11 is 0. The van der Waals surface area contributed by atoms with Crippen LogP contribution in [0.2, 0.25) is 0 Å².